The molecule has 2 aromatic carbocycles. The van der Waals surface area contributed by atoms with E-state index in [1.54, 1.807) is 12.1 Å². The Kier molecular flexibility index (Phi) is 4.67. The minimum Gasteiger partial charge on any atom is -0.332 e. The van der Waals surface area contributed by atoms with E-state index in [0.29, 0.717) is 11.4 Å². The summed E-state index contributed by atoms with van der Waals surface area (Å²) in [5.74, 6) is -2.43. The van der Waals surface area contributed by atoms with Crippen LogP contribution in [-0.2, 0) is 19.3 Å². The predicted octanol–water partition coefficient (Wildman–Crippen LogP) is 3.22. The Labute approximate surface area is 159 Å². The van der Waals surface area contributed by atoms with Crippen LogP contribution in [-0.4, -0.2) is 21.9 Å². The lowest BCUT2D eigenvalue weighted by molar-refractivity contribution is -0.164. The van der Waals surface area contributed by atoms with E-state index in [4.69, 9.17) is 9.68 Å². The molecule has 2 heterocycles. The largest absolute Gasteiger partial charge is 0.443 e. The fourth-order valence-corrected chi connectivity index (χ4v) is 2.55. The van der Waals surface area contributed by atoms with Gasteiger partial charge in [-0.25, -0.2) is 20.5 Å². The fraction of sp³-hybridized carbons (Fsp3) is 0. The van der Waals surface area contributed by atoms with Gasteiger partial charge in [-0.1, -0.05) is 36.4 Å². The summed E-state index contributed by atoms with van der Waals surface area (Å²) in [6.45, 7) is 0. The number of hydrogen-bond acceptors (Lipinski definition) is 8. The van der Waals surface area contributed by atoms with Gasteiger partial charge in [0.05, 0.1) is 34.8 Å². The molecule has 8 heteroatoms. The van der Waals surface area contributed by atoms with Gasteiger partial charge in [0.15, 0.2) is 0 Å². The van der Waals surface area contributed by atoms with E-state index in [1.165, 1.54) is 12.4 Å². The van der Waals surface area contributed by atoms with Gasteiger partial charge < -0.3 is 9.68 Å². The maximum Gasteiger partial charge on any atom is 0.443 e. The van der Waals surface area contributed by atoms with Gasteiger partial charge in [-0.3, -0.25) is 9.97 Å². The lowest BCUT2D eigenvalue weighted by atomic mass is 10.2. The smallest absolute Gasteiger partial charge is 0.332 e. The Balaban J connectivity index is 1.32. The highest BCUT2D eigenvalue weighted by molar-refractivity contribution is 6.29. The van der Waals surface area contributed by atoms with Gasteiger partial charge >= 0.3 is 11.9 Å². The van der Waals surface area contributed by atoms with Crippen molar-refractivity contribution in [2.45, 2.75) is 0 Å². The first-order chi connectivity index (χ1) is 13.7. The molecule has 0 saturated carbocycles. The van der Waals surface area contributed by atoms with Crippen molar-refractivity contribution in [2.75, 3.05) is 11.0 Å². The molecule has 2 N–H and O–H groups in total. The van der Waals surface area contributed by atoms with Gasteiger partial charge in [0.1, 0.15) is 0 Å². The molecule has 0 aliphatic heterocycles. The molecule has 4 aromatic rings. The average molecular weight is 374 g/mol. The second-order valence-electron chi connectivity index (χ2n) is 5.82. The van der Waals surface area contributed by atoms with Crippen molar-refractivity contribution in [3.8, 4) is 0 Å². The van der Waals surface area contributed by atoms with Crippen LogP contribution in [0.25, 0.3) is 21.8 Å². The third-order valence-electron chi connectivity index (χ3n) is 3.87. The zero-order valence-electron chi connectivity index (χ0n) is 14.5. The molecule has 28 heavy (non-hydrogen) atoms. The monoisotopic (exact) mass is 374 g/mol. The maximum atomic E-state index is 11.8. The lowest BCUT2D eigenvalue weighted by Crippen LogP contribution is -2.25. The highest BCUT2D eigenvalue weighted by atomic mass is 16.7. The molecule has 138 valence electrons. The van der Waals surface area contributed by atoms with E-state index in [9.17, 15) is 9.59 Å². The second kappa shape index (κ2) is 7.58. The first kappa shape index (κ1) is 17.2. The molecule has 0 aliphatic carbocycles. The number of fused-ring (bicyclic) bond motifs is 2. The van der Waals surface area contributed by atoms with Crippen molar-refractivity contribution in [2.24, 2.45) is 0 Å². The molecule has 0 fully saturated rings. The highest BCUT2D eigenvalue weighted by Gasteiger charge is 2.19. The number of carbonyl (C=O) groups excluding carboxylic acids is 2. The van der Waals surface area contributed by atoms with Crippen molar-refractivity contribution in [1.82, 2.24) is 9.97 Å². The standard InChI is InChI=1S/C20H14N4O4/c25-19(27-23-15-9-13-5-1-3-7-17(13)21-11-15)20(26)28-24-16-10-14-6-2-4-8-18(14)22-12-16/h1-12,23-24H. The van der Waals surface area contributed by atoms with Crippen LogP contribution in [0.5, 0.6) is 0 Å². The van der Waals surface area contributed by atoms with Crippen LogP contribution in [0.3, 0.4) is 0 Å². The lowest BCUT2D eigenvalue weighted by Gasteiger charge is -2.08. The van der Waals surface area contributed by atoms with Gasteiger partial charge in [0.2, 0.25) is 0 Å². The third kappa shape index (κ3) is 3.80. The van der Waals surface area contributed by atoms with Crippen molar-refractivity contribution in [1.29, 1.82) is 0 Å². The van der Waals surface area contributed by atoms with Crippen molar-refractivity contribution >= 4 is 45.1 Å². The van der Waals surface area contributed by atoms with Crippen LogP contribution in [0.2, 0.25) is 0 Å². The van der Waals surface area contributed by atoms with Crippen LogP contribution in [0.1, 0.15) is 0 Å². The molecule has 0 spiro atoms. The van der Waals surface area contributed by atoms with Crippen LogP contribution >= 0.6 is 0 Å². The molecular formula is C20H14N4O4. The zero-order chi connectivity index (χ0) is 19.3. The average Bonchev–Trinajstić information content (AvgIpc) is 2.75. The third-order valence-corrected chi connectivity index (χ3v) is 3.87. The Morgan fingerprint density at radius 2 is 1.11 bits per heavy atom. The van der Waals surface area contributed by atoms with E-state index >= 15 is 0 Å². The van der Waals surface area contributed by atoms with Crippen molar-refractivity contribution in [3.05, 3.63) is 73.1 Å². The molecule has 2 aromatic heterocycles. The Morgan fingerprint density at radius 1 is 0.679 bits per heavy atom. The quantitative estimate of drug-likeness (QED) is 0.415. The van der Waals surface area contributed by atoms with Gasteiger partial charge in [0, 0.05) is 10.8 Å². The fourth-order valence-electron chi connectivity index (χ4n) is 2.55. The zero-order valence-corrected chi connectivity index (χ0v) is 14.5. The van der Waals surface area contributed by atoms with E-state index in [2.05, 4.69) is 20.9 Å². The molecule has 0 bridgehead atoms. The Bertz CT molecular complexity index is 1090. The van der Waals surface area contributed by atoms with Crippen LogP contribution in [0, 0.1) is 0 Å². The number of pyridine rings is 2. The predicted molar refractivity (Wildman–Crippen MR) is 103 cm³/mol. The summed E-state index contributed by atoms with van der Waals surface area (Å²) in [7, 11) is 0. The van der Waals surface area contributed by atoms with E-state index in [0.717, 1.165) is 21.8 Å². The Morgan fingerprint density at radius 3 is 1.57 bits per heavy atom. The van der Waals surface area contributed by atoms with Crippen LogP contribution in [0.15, 0.2) is 73.1 Å². The number of rotatable bonds is 4. The number of nitrogens with zero attached hydrogens (tertiary/aromatic N) is 2. The molecule has 0 atom stereocenters. The minimum absolute atomic E-state index is 0.423. The normalized spacial score (nSPS) is 10.4. The van der Waals surface area contributed by atoms with E-state index in [1.807, 2.05) is 48.5 Å². The number of aromatic nitrogens is 2. The minimum atomic E-state index is -1.21. The summed E-state index contributed by atoms with van der Waals surface area (Å²) < 4.78 is 0. The first-order valence-corrected chi connectivity index (χ1v) is 8.33. The van der Waals surface area contributed by atoms with Gasteiger partial charge in [-0.05, 0) is 24.3 Å². The number of carbonyl (C=O) groups is 2. The summed E-state index contributed by atoms with van der Waals surface area (Å²) in [6, 6.07) is 18.4. The topological polar surface area (TPSA) is 102 Å². The molecule has 8 nitrogen and oxygen atoms in total. The van der Waals surface area contributed by atoms with Gasteiger partial charge in [-0.15, -0.1) is 0 Å². The number of anilines is 2. The van der Waals surface area contributed by atoms with E-state index in [-0.39, 0.29) is 0 Å². The molecule has 4 rings (SSSR count). The van der Waals surface area contributed by atoms with Gasteiger partial charge in [0.25, 0.3) is 0 Å². The van der Waals surface area contributed by atoms with Crippen LogP contribution in [0.4, 0.5) is 11.4 Å². The summed E-state index contributed by atoms with van der Waals surface area (Å²) in [5.41, 5.74) is 7.22. The molecular weight excluding hydrogens is 360 g/mol. The number of hydrogen-bond donors (Lipinski definition) is 2. The first-order valence-electron chi connectivity index (χ1n) is 8.33. The van der Waals surface area contributed by atoms with Gasteiger partial charge in [-0.2, -0.15) is 0 Å². The van der Waals surface area contributed by atoms with E-state index < -0.39 is 11.9 Å². The molecule has 0 aliphatic rings. The molecule has 0 radical (unpaired) electrons. The molecule has 0 saturated heterocycles. The SMILES string of the molecule is O=C(ONc1cnc2ccccc2c1)C(=O)ONc1cnc2ccccc2c1. The summed E-state index contributed by atoms with van der Waals surface area (Å²) in [4.78, 5) is 41.5. The second-order valence-corrected chi connectivity index (χ2v) is 5.82. The number of para-hydroxylation sites is 2. The number of benzene rings is 2. The summed E-state index contributed by atoms with van der Waals surface area (Å²) in [6.07, 6.45) is 2.97. The number of nitrogens with one attached hydrogen (secondary N) is 2. The maximum absolute atomic E-state index is 11.8. The van der Waals surface area contributed by atoms with Crippen molar-refractivity contribution < 1.29 is 19.3 Å². The molecule has 0 unspecified atom stereocenters. The summed E-state index contributed by atoms with van der Waals surface area (Å²) in [5, 5.41) is 1.72. The molecule has 0 amide bonds. The highest BCUT2D eigenvalue weighted by Crippen LogP contribution is 2.17. The van der Waals surface area contributed by atoms with Crippen molar-refractivity contribution in [3.63, 3.8) is 0 Å². The van der Waals surface area contributed by atoms with Crippen LogP contribution < -0.4 is 11.0 Å². The Hall–Kier alpha value is -4.20. The summed E-state index contributed by atoms with van der Waals surface area (Å²) >= 11 is 0.